The van der Waals surface area contributed by atoms with Crippen LogP contribution in [-0.2, 0) is 0 Å². The fourth-order valence-corrected chi connectivity index (χ4v) is 4.85. The quantitative estimate of drug-likeness (QED) is 0.273. The van der Waals surface area contributed by atoms with Gasteiger partial charge in [-0.1, -0.05) is 92.1 Å². The van der Waals surface area contributed by atoms with Crippen LogP contribution in [0.2, 0.25) is 0 Å². The molecule has 4 aromatic rings. The van der Waals surface area contributed by atoms with Gasteiger partial charge in [-0.25, -0.2) is 0 Å². The van der Waals surface area contributed by atoms with Gasteiger partial charge < -0.3 is 4.90 Å². The molecule has 0 aliphatic heterocycles. The van der Waals surface area contributed by atoms with Crippen LogP contribution in [0.15, 0.2) is 60.7 Å². The molecule has 4 rings (SSSR count). The molecule has 0 spiro atoms. The maximum Gasteiger partial charge on any atom is 0.0452 e. The molecule has 0 unspecified atom stereocenters. The van der Waals surface area contributed by atoms with E-state index in [1.165, 1.54) is 56.4 Å². The fourth-order valence-electron chi connectivity index (χ4n) is 4.85. The van der Waals surface area contributed by atoms with Crippen LogP contribution in [0.4, 0.5) is 5.69 Å². The molecule has 0 bridgehead atoms. The van der Waals surface area contributed by atoms with Gasteiger partial charge in [-0.15, -0.1) is 0 Å². The van der Waals surface area contributed by atoms with Gasteiger partial charge in [0.15, 0.2) is 0 Å². The van der Waals surface area contributed by atoms with Gasteiger partial charge in [0.1, 0.15) is 0 Å². The SMILES string of the molecule is C.C.C.C.CCC(CC)c1cc2c3ccccc3c(N(CC)CC)cc2c2ccccc12. The molecule has 0 N–H and O–H groups in total. The molecule has 0 amide bonds. The molecule has 0 heterocycles. The molecular formula is C31H47N. The summed E-state index contributed by atoms with van der Waals surface area (Å²) in [6, 6.07) is 22.9. The van der Waals surface area contributed by atoms with Crippen LogP contribution in [0, 0.1) is 0 Å². The van der Waals surface area contributed by atoms with Crippen LogP contribution < -0.4 is 4.90 Å². The van der Waals surface area contributed by atoms with Crippen LogP contribution in [0.1, 0.15) is 81.7 Å². The lowest BCUT2D eigenvalue weighted by Crippen LogP contribution is -2.22. The monoisotopic (exact) mass is 433 g/mol. The summed E-state index contributed by atoms with van der Waals surface area (Å²) < 4.78 is 0. The van der Waals surface area contributed by atoms with Crippen molar-refractivity contribution >= 4 is 38.0 Å². The number of fused-ring (bicyclic) bond motifs is 5. The zero-order chi connectivity index (χ0) is 19.7. The van der Waals surface area contributed by atoms with Crippen molar-refractivity contribution in [3.63, 3.8) is 0 Å². The van der Waals surface area contributed by atoms with Crippen molar-refractivity contribution in [1.29, 1.82) is 0 Å². The third kappa shape index (κ3) is 4.77. The minimum absolute atomic E-state index is 0. The Morgan fingerprint density at radius 3 is 1.50 bits per heavy atom. The van der Waals surface area contributed by atoms with Crippen molar-refractivity contribution in [2.45, 2.75) is 76.2 Å². The van der Waals surface area contributed by atoms with Crippen molar-refractivity contribution in [2.75, 3.05) is 18.0 Å². The first-order chi connectivity index (χ1) is 13.7. The minimum Gasteiger partial charge on any atom is -0.372 e. The van der Waals surface area contributed by atoms with Gasteiger partial charge >= 0.3 is 0 Å². The van der Waals surface area contributed by atoms with Gasteiger partial charge in [0.2, 0.25) is 0 Å². The van der Waals surface area contributed by atoms with Crippen molar-refractivity contribution in [1.82, 2.24) is 0 Å². The summed E-state index contributed by atoms with van der Waals surface area (Å²) in [5.41, 5.74) is 2.86. The predicted molar refractivity (Wildman–Crippen MR) is 153 cm³/mol. The van der Waals surface area contributed by atoms with Gasteiger partial charge in [-0.05, 0) is 77.2 Å². The molecule has 1 nitrogen and oxygen atoms in total. The third-order valence-electron chi connectivity index (χ3n) is 6.42. The molecule has 0 atom stereocenters. The number of benzene rings is 4. The maximum absolute atomic E-state index is 2.49. The van der Waals surface area contributed by atoms with Crippen LogP contribution in [0.3, 0.4) is 0 Å². The predicted octanol–water partition coefficient (Wildman–Crippen LogP) is 10.4. The number of hydrogen-bond donors (Lipinski definition) is 0. The van der Waals surface area contributed by atoms with Gasteiger partial charge in [0.25, 0.3) is 0 Å². The average Bonchev–Trinajstić information content (AvgIpc) is 2.75. The summed E-state index contributed by atoms with van der Waals surface area (Å²) in [4.78, 5) is 2.48. The Balaban J connectivity index is 0.00000240. The summed E-state index contributed by atoms with van der Waals surface area (Å²) in [5.74, 6) is 0.607. The smallest absolute Gasteiger partial charge is 0.0452 e. The van der Waals surface area contributed by atoms with Gasteiger partial charge in [-0.2, -0.15) is 0 Å². The lowest BCUT2D eigenvalue weighted by molar-refractivity contribution is 0.647. The number of hydrogen-bond acceptors (Lipinski definition) is 1. The minimum atomic E-state index is 0. The Bertz CT molecular complexity index is 1030. The van der Waals surface area contributed by atoms with Gasteiger partial charge in [0.05, 0.1) is 0 Å². The van der Waals surface area contributed by atoms with E-state index in [0.29, 0.717) is 5.92 Å². The first-order valence-electron chi connectivity index (χ1n) is 10.8. The Morgan fingerprint density at radius 2 is 1.00 bits per heavy atom. The summed E-state index contributed by atoms with van der Waals surface area (Å²) in [5, 5.41) is 8.33. The lowest BCUT2D eigenvalue weighted by Gasteiger charge is -2.25. The first kappa shape index (κ1) is 29.5. The summed E-state index contributed by atoms with van der Waals surface area (Å²) in [6.07, 6.45) is 2.36. The van der Waals surface area contributed by atoms with Crippen molar-refractivity contribution in [3.05, 3.63) is 66.2 Å². The molecule has 176 valence electrons. The second kappa shape index (κ2) is 12.5. The molecule has 32 heavy (non-hydrogen) atoms. The van der Waals surface area contributed by atoms with Crippen molar-refractivity contribution in [2.24, 2.45) is 0 Å². The number of rotatable bonds is 6. The molecule has 0 aliphatic carbocycles. The van der Waals surface area contributed by atoms with E-state index in [-0.39, 0.29) is 29.7 Å². The molecular weight excluding hydrogens is 386 g/mol. The molecule has 1 heteroatoms. The van der Waals surface area contributed by atoms with E-state index in [0.717, 1.165) is 13.1 Å². The molecule has 4 aromatic carbocycles. The molecule has 0 saturated carbocycles. The zero-order valence-electron chi connectivity index (χ0n) is 17.6. The standard InChI is InChI=1S/C27H31N.4CH4/c1-5-19(6-2)24-17-25-22-15-11-12-16-23(22)27(28(7-3)8-4)18-26(25)21-14-10-9-13-20(21)24;;;;/h9-19H,5-8H2,1-4H3;4*1H4. The van der Waals surface area contributed by atoms with Crippen LogP contribution in [-0.4, -0.2) is 13.1 Å². The molecule has 0 radical (unpaired) electrons. The Morgan fingerprint density at radius 1 is 0.562 bits per heavy atom. The Hall–Kier alpha value is -2.54. The van der Waals surface area contributed by atoms with E-state index in [1.807, 2.05) is 0 Å². The zero-order valence-corrected chi connectivity index (χ0v) is 17.6. The van der Waals surface area contributed by atoms with E-state index in [1.54, 1.807) is 0 Å². The Labute approximate surface area is 198 Å². The highest BCUT2D eigenvalue weighted by Gasteiger charge is 2.17. The van der Waals surface area contributed by atoms with E-state index in [2.05, 4.69) is 93.3 Å². The summed E-state index contributed by atoms with van der Waals surface area (Å²) >= 11 is 0. The highest BCUT2D eigenvalue weighted by molar-refractivity contribution is 6.21. The van der Waals surface area contributed by atoms with Crippen molar-refractivity contribution in [3.8, 4) is 0 Å². The number of anilines is 1. The second-order valence-electron chi connectivity index (χ2n) is 7.73. The van der Waals surface area contributed by atoms with E-state index in [4.69, 9.17) is 0 Å². The first-order valence-corrected chi connectivity index (χ1v) is 10.8. The maximum atomic E-state index is 2.49. The fraction of sp³-hybridized carbons (Fsp3) is 0.419. The van der Waals surface area contributed by atoms with E-state index in [9.17, 15) is 0 Å². The van der Waals surface area contributed by atoms with Gasteiger partial charge in [0, 0.05) is 24.2 Å². The average molecular weight is 434 g/mol. The molecule has 0 saturated heterocycles. The highest BCUT2D eigenvalue weighted by atomic mass is 15.1. The highest BCUT2D eigenvalue weighted by Crippen LogP contribution is 2.41. The van der Waals surface area contributed by atoms with Crippen molar-refractivity contribution < 1.29 is 0 Å². The molecule has 0 fully saturated rings. The third-order valence-corrected chi connectivity index (χ3v) is 6.42. The molecule has 0 aliphatic rings. The summed E-state index contributed by atoms with van der Waals surface area (Å²) in [7, 11) is 0. The Kier molecular flexibility index (Phi) is 11.5. The van der Waals surface area contributed by atoms with E-state index < -0.39 is 0 Å². The second-order valence-corrected chi connectivity index (χ2v) is 7.73. The van der Waals surface area contributed by atoms with Gasteiger partial charge in [-0.3, -0.25) is 0 Å². The lowest BCUT2D eigenvalue weighted by atomic mass is 9.85. The van der Waals surface area contributed by atoms with Crippen LogP contribution >= 0.6 is 0 Å². The van der Waals surface area contributed by atoms with E-state index >= 15 is 0 Å². The largest absolute Gasteiger partial charge is 0.372 e. The normalized spacial score (nSPS) is 10.3. The molecule has 0 aromatic heterocycles. The van der Waals surface area contributed by atoms with Crippen LogP contribution in [0.25, 0.3) is 32.3 Å². The summed E-state index contributed by atoms with van der Waals surface area (Å²) in [6.45, 7) is 11.2. The topological polar surface area (TPSA) is 3.24 Å². The number of nitrogens with zero attached hydrogens (tertiary/aromatic N) is 1. The van der Waals surface area contributed by atoms with Crippen LogP contribution in [0.5, 0.6) is 0 Å².